The molecule has 14 heavy (non-hydrogen) atoms. The van der Waals surface area contributed by atoms with Crippen molar-refractivity contribution in [2.24, 2.45) is 0 Å². The molecule has 0 saturated carbocycles. The van der Waals surface area contributed by atoms with Crippen LogP contribution in [0.3, 0.4) is 0 Å². The first-order valence-electron chi connectivity index (χ1n) is 5.06. The summed E-state index contributed by atoms with van der Waals surface area (Å²) >= 11 is 0. The molecule has 2 aromatic rings. The predicted octanol–water partition coefficient (Wildman–Crippen LogP) is 2.67. The van der Waals surface area contributed by atoms with Gasteiger partial charge in [0.2, 0.25) is 0 Å². The summed E-state index contributed by atoms with van der Waals surface area (Å²) in [5.41, 5.74) is 4.07. The van der Waals surface area contributed by atoms with Gasteiger partial charge in [0.1, 0.15) is 5.75 Å². The highest BCUT2D eigenvalue weighted by Crippen LogP contribution is 2.34. The number of para-hydroxylation sites is 1. The number of aromatic amines is 1. The zero-order valence-corrected chi connectivity index (χ0v) is 8.26. The molecular formula is C12H13NO. The van der Waals surface area contributed by atoms with Crippen LogP contribution in [0.25, 0.3) is 10.9 Å². The molecule has 1 heterocycles. The second-order valence-corrected chi connectivity index (χ2v) is 3.82. The van der Waals surface area contributed by atoms with Crippen LogP contribution in [-0.2, 0) is 12.8 Å². The van der Waals surface area contributed by atoms with Crippen LogP contribution in [0.4, 0.5) is 0 Å². The number of rotatable bonds is 1. The van der Waals surface area contributed by atoms with Gasteiger partial charge in [-0.1, -0.05) is 12.1 Å². The van der Waals surface area contributed by atoms with Gasteiger partial charge in [-0.15, -0.1) is 0 Å². The van der Waals surface area contributed by atoms with Gasteiger partial charge in [-0.3, -0.25) is 0 Å². The molecule has 1 aliphatic rings. The maximum absolute atomic E-state index is 5.33. The molecule has 2 heteroatoms. The van der Waals surface area contributed by atoms with E-state index in [2.05, 4.69) is 17.1 Å². The minimum absolute atomic E-state index is 0.955. The number of aryl methyl sites for hydroxylation is 2. The first-order chi connectivity index (χ1) is 6.90. The zero-order valence-electron chi connectivity index (χ0n) is 8.26. The van der Waals surface area contributed by atoms with E-state index in [1.165, 1.54) is 41.4 Å². The largest absolute Gasteiger partial charge is 0.495 e. The third-order valence-corrected chi connectivity index (χ3v) is 3.06. The second kappa shape index (κ2) is 2.77. The minimum Gasteiger partial charge on any atom is -0.495 e. The number of H-pyrrole nitrogens is 1. The SMILES string of the molecule is COc1cccc2c3c([nH]c12)CCC3. The van der Waals surface area contributed by atoms with Crippen molar-refractivity contribution in [3.8, 4) is 5.75 Å². The highest BCUT2D eigenvalue weighted by molar-refractivity contribution is 5.90. The van der Waals surface area contributed by atoms with Crippen molar-refractivity contribution in [1.82, 2.24) is 4.98 Å². The normalized spacial score (nSPS) is 14.6. The first kappa shape index (κ1) is 7.92. The fraction of sp³-hybridized carbons (Fsp3) is 0.333. The molecule has 72 valence electrons. The van der Waals surface area contributed by atoms with E-state index in [-0.39, 0.29) is 0 Å². The lowest BCUT2D eigenvalue weighted by Gasteiger charge is -2.01. The summed E-state index contributed by atoms with van der Waals surface area (Å²) in [4.78, 5) is 3.47. The van der Waals surface area contributed by atoms with Crippen LogP contribution in [0.1, 0.15) is 17.7 Å². The summed E-state index contributed by atoms with van der Waals surface area (Å²) in [5.74, 6) is 0.955. The standard InChI is InChI=1S/C12H13NO/c1-14-11-7-3-5-9-8-4-2-6-10(8)13-12(9)11/h3,5,7,13H,2,4,6H2,1H3. The number of nitrogens with one attached hydrogen (secondary N) is 1. The van der Waals surface area contributed by atoms with Crippen molar-refractivity contribution in [2.45, 2.75) is 19.3 Å². The second-order valence-electron chi connectivity index (χ2n) is 3.82. The molecule has 1 aliphatic carbocycles. The van der Waals surface area contributed by atoms with Gasteiger partial charge in [-0.2, -0.15) is 0 Å². The van der Waals surface area contributed by atoms with Crippen molar-refractivity contribution in [1.29, 1.82) is 0 Å². The first-order valence-corrected chi connectivity index (χ1v) is 5.06. The van der Waals surface area contributed by atoms with E-state index < -0.39 is 0 Å². The van der Waals surface area contributed by atoms with Crippen LogP contribution in [0.2, 0.25) is 0 Å². The summed E-state index contributed by atoms with van der Waals surface area (Å²) in [7, 11) is 1.72. The van der Waals surface area contributed by atoms with Crippen molar-refractivity contribution in [3.63, 3.8) is 0 Å². The number of aromatic nitrogens is 1. The van der Waals surface area contributed by atoms with Crippen molar-refractivity contribution < 1.29 is 4.74 Å². The van der Waals surface area contributed by atoms with Crippen LogP contribution < -0.4 is 4.74 Å². The third kappa shape index (κ3) is 0.910. The quantitative estimate of drug-likeness (QED) is 0.729. The summed E-state index contributed by atoms with van der Waals surface area (Å²) in [6, 6.07) is 6.25. The van der Waals surface area contributed by atoms with E-state index >= 15 is 0 Å². The summed E-state index contributed by atoms with van der Waals surface area (Å²) in [6.07, 6.45) is 3.68. The molecule has 0 bridgehead atoms. The smallest absolute Gasteiger partial charge is 0.142 e. The summed E-state index contributed by atoms with van der Waals surface area (Å²) in [6.45, 7) is 0. The van der Waals surface area contributed by atoms with Crippen LogP contribution in [-0.4, -0.2) is 12.1 Å². The molecule has 0 fully saturated rings. The van der Waals surface area contributed by atoms with Gasteiger partial charge in [0.25, 0.3) is 0 Å². The van der Waals surface area contributed by atoms with Gasteiger partial charge in [0.15, 0.2) is 0 Å². The summed E-state index contributed by atoms with van der Waals surface area (Å²) in [5, 5.41) is 1.34. The van der Waals surface area contributed by atoms with E-state index in [0.29, 0.717) is 0 Å². The Hall–Kier alpha value is -1.44. The lowest BCUT2D eigenvalue weighted by molar-refractivity contribution is 0.419. The van der Waals surface area contributed by atoms with Gasteiger partial charge in [-0.25, -0.2) is 0 Å². The summed E-state index contributed by atoms with van der Waals surface area (Å²) < 4.78 is 5.33. The minimum atomic E-state index is 0.955. The zero-order chi connectivity index (χ0) is 9.54. The molecule has 0 saturated heterocycles. The average molecular weight is 187 g/mol. The lowest BCUT2D eigenvalue weighted by atomic mass is 10.1. The van der Waals surface area contributed by atoms with Crippen LogP contribution in [0, 0.1) is 0 Å². The number of benzene rings is 1. The molecule has 2 nitrogen and oxygen atoms in total. The molecule has 0 spiro atoms. The molecule has 1 N–H and O–H groups in total. The third-order valence-electron chi connectivity index (χ3n) is 3.06. The van der Waals surface area contributed by atoms with Gasteiger partial charge in [0.05, 0.1) is 12.6 Å². The molecule has 1 aromatic carbocycles. The van der Waals surface area contributed by atoms with E-state index in [9.17, 15) is 0 Å². The molecule has 3 rings (SSSR count). The predicted molar refractivity (Wildman–Crippen MR) is 56.9 cm³/mol. The Labute approximate surface area is 82.9 Å². The molecule has 0 unspecified atom stereocenters. The van der Waals surface area contributed by atoms with Crippen molar-refractivity contribution >= 4 is 10.9 Å². The van der Waals surface area contributed by atoms with Crippen molar-refractivity contribution in [2.75, 3.05) is 7.11 Å². The monoisotopic (exact) mass is 187 g/mol. The van der Waals surface area contributed by atoms with Gasteiger partial charge in [-0.05, 0) is 30.9 Å². The van der Waals surface area contributed by atoms with Gasteiger partial charge in [0, 0.05) is 11.1 Å². The van der Waals surface area contributed by atoms with Crippen LogP contribution in [0.5, 0.6) is 5.75 Å². The average Bonchev–Trinajstić information content (AvgIpc) is 2.76. The lowest BCUT2D eigenvalue weighted by Crippen LogP contribution is -1.85. The Morgan fingerprint density at radius 1 is 1.29 bits per heavy atom. The highest BCUT2D eigenvalue weighted by atomic mass is 16.5. The van der Waals surface area contributed by atoms with E-state index in [4.69, 9.17) is 4.74 Å². The Morgan fingerprint density at radius 3 is 3.07 bits per heavy atom. The van der Waals surface area contributed by atoms with Gasteiger partial charge < -0.3 is 9.72 Å². The maximum atomic E-state index is 5.33. The van der Waals surface area contributed by atoms with Crippen molar-refractivity contribution in [3.05, 3.63) is 29.5 Å². The van der Waals surface area contributed by atoms with E-state index in [1.54, 1.807) is 7.11 Å². The van der Waals surface area contributed by atoms with Crippen LogP contribution >= 0.6 is 0 Å². The molecule has 0 amide bonds. The number of methoxy groups -OCH3 is 1. The number of ether oxygens (including phenoxy) is 1. The number of hydrogen-bond acceptors (Lipinski definition) is 1. The molecule has 0 radical (unpaired) electrons. The fourth-order valence-corrected chi connectivity index (χ4v) is 2.41. The Morgan fingerprint density at radius 2 is 2.21 bits per heavy atom. The Bertz CT molecular complexity index is 484. The Kier molecular flexibility index (Phi) is 1.57. The molecule has 1 aromatic heterocycles. The van der Waals surface area contributed by atoms with Crippen LogP contribution in [0.15, 0.2) is 18.2 Å². The van der Waals surface area contributed by atoms with E-state index in [0.717, 1.165) is 5.75 Å². The topological polar surface area (TPSA) is 25.0 Å². The molecule has 0 atom stereocenters. The molecular weight excluding hydrogens is 174 g/mol. The fourth-order valence-electron chi connectivity index (χ4n) is 2.41. The number of hydrogen-bond donors (Lipinski definition) is 1. The van der Waals surface area contributed by atoms with Gasteiger partial charge >= 0.3 is 0 Å². The van der Waals surface area contributed by atoms with E-state index in [1.807, 2.05) is 6.07 Å². The highest BCUT2D eigenvalue weighted by Gasteiger charge is 2.17. The maximum Gasteiger partial charge on any atom is 0.142 e. The molecule has 0 aliphatic heterocycles. The Balaban J connectivity index is 2.36. The number of fused-ring (bicyclic) bond motifs is 3.